The van der Waals surface area contributed by atoms with Gasteiger partial charge in [0.25, 0.3) is 0 Å². The molecule has 0 amide bonds. The molecule has 1 heterocycles. The Balaban J connectivity index is 2.57. The molecule has 1 aromatic carbocycles. The third-order valence-electron chi connectivity index (χ3n) is 2.53. The SMILES string of the molecule is N#Cc1cccc2c1nc(SCC(=O)O)n2CC(F)(F)F. The Bertz CT molecular complexity index is 734. The number of benzene rings is 1. The summed E-state index contributed by atoms with van der Waals surface area (Å²) >= 11 is 0.684. The number of thioether (sulfide) groups is 1. The average molecular weight is 315 g/mol. The number of aromatic nitrogens is 2. The zero-order chi connectivity index (χ0) is 15.6. The van der Waals surface area contributed by atoms with Gasteiger partial charge in [0.1, 0.15) is 18.1 Å². The molecule has 0 fully saturated rings. The van der Waals surface area contributed by atoms with Crippen molar-refractivity contribution in [1.82, 2.24) is 9.55 Å². The number of rotatable bonds is 4. The van der Waals surface area contributed by atoms with Crippen molar-refractivity contribution < 1.29 is 23.1 Å². The summed E-state index contributed by atoms with van der Waals surface area (Å²) in [7, 11) is 0. The van der Waals surface area contributed by atoms with E-state index in [2.05, 4.69) is 4.98 Å². The number of nitrogens with zero attached hydrogens (tertiary/aromatic N) is 3. The highest BCUT2D eigenvalue weighted by Gasteiger charge is 2.30. The number of halogens is 3. The molecule has 0 spiro atoms. The summed E-state index contributed by atoms with van der Waals surface area (Å²) in [6, 6.07) is 6.17. The second-order valence-corrected chi connectivity index (χ2v) is 5.01. The van der Waals surface area contributed by atoms with E-state index in [1.165, 1.54) is 18.2 Å². The molecule has 0 aliphatic heterocycles. The first-order valence-corrected chi connectivity index (χ1v) is 6.61. The first kappa shape index (κ1) is 15.2. The van der Waals surface area contributed by atoms with E-state index in [1.54, 1.807) is 0 Å². The van der Waals surface area contributed by atoms with Gasteiger partial charge < -0.3 is 9.67 Å². The van der Waals surface area contributed by atoms with Crippen molar-refractivity contribution in [2.45, 2.75) is 17.9 Å². The summed E-state index contributed by atoms with van der Waals surface area (Å²) in [5.74, 6) is -1.57. The Morgan fingerprint density at radius 3 is 2.76 bits per heavy atom. The fourth-order valence-electron chi connectivity index (χ4n) is 1.78. The molecule has 0 bridgehead atoms. The highest BCUT2D eigenvalue weighted by Crippen LogP contribution is 2.29. The number of imidazole rings is 1. The summed E-state index contributed by atoms with van der Waals surface area (Å²) in [4.78, 5) is 14.6. The van der Waals surface area contributed by atoms with E-state index in [-0.39, 0.29) is 21.8 Å². The Hall–Kier alpha value is -2.21. The van der Waals surface area contributed by atoms with Crippen LogP contribution in [0.25, 0.3) is 11.0 Å². The first-order chi connectivity index (χ1) is 9.81. The smallest absolute Gasteiger partial charge is 0.406 e. The molecule has 9 heteroatoms. The van der Waals surface area contributed by atoms with Crippen LogP contribution in [0.2, 0.25) is 0 Å². The maximum Gasteiger partial charge on any atom is 0.406 e. The van der Waals surface area contributed by atoms with Gasteiger partial charge in [0.05, 0.1) is 16.8 Å². The summed E-state index contributed by atoms with van der Waals surface area (Å²) in [6.07, 6.45) is -4.48. The summed E-state index contributed by atoms with van der Waals surface area (Å²) < 4.78 is 38.9. The second kappa shape index (κ2) is 5.65. The monoisotopic (exact) mass is 315 g/mol. The number of carbonyl (C=O) groups is 1. The van der Waals surface area contributed by atoms with Crippen molar-refractivity contribution in [3.63, 3.8) is 0 Å². The third-order valence-corrected chi connectivity index (χ3v) is 3.49. The molecule has 2 rings (SSSR count). The molecule has 1 aromatic heterocycles. The molecule has 21 heavy (non-hydrogen) atoms. The molecular formula is C12H8F3N3O2S. The van der Waals surface area contributed by atoms with Crippen molar-refractivity contribution in [2.24, 2.45) is 0 Å². The minimum Gasteiger partial charge on any atom is -0.481 e. The quantitative estimate of drug-likeness (QED) is 0.878. The predicted molar refractivity (Wildman–Crippen MR) is 68.9 cm³/mol. The van der Waals surface area contributed by atoms with Crippen LogP contribution in [0.1, 0.15) is 5.56 Å². The Labute approximate surface area is 121 Å². The van der Waals surface area contributed by atoms with Crippen molar-refractivity contribution in [1.29, 1.82) is 5.26 Å². The molecule has 0 saturated carbocycles. The van der Waals surface area contributed by atoms with Gasteiger partial charge in [-0.3, -0.25) is 4.79 Å². The lowest BCUT2D eigenvalue weighted by Crippen LogP contribution is -2.18. The van der Waals surface area contributed by atoms with Crippen molar-refractivity contribution in [3.05, 3.63) is 23.8 Å². The van der Waals surface area contributed by atoms with Crippen LogP contribution >= 0.6 is 11.8 Å². The molecule has 0 atom stereocenters. The van der Waals surface area contributed by atoms with Crippen LogP contribution in [0, 0.1) is 11.3 Å². The Kier molecular flexibility index (Phi) is 4.09. The van der Waals surface area contributed by atoms with Crippen LogP contribution < -0.4 is 0 Å². The minimum atomic E-state index is -4.48. The lowest BCUT2D eigenvalue weighted by atomic mass is 10.2. The fourth-order valence-corrected chi connectivity index (χ4v) is 2.51. The predicted octanol–water partition coefficient (Wildman–Crippen LogP) is 2.65. The van der Waals surface area contributed by atoms with Gasteiger partial charge in [-0.2, -0.15) is 18.4 Å². The van der Waals surface area contributed by atoms with Gasteiger partial charge in [0.2, 0.25) is 0 Å². The average Bonchev–Trinajstić information content (AvgIpc) is 2.72. The van der Waals surface area contributed by atoms with E-state index >= 15 is 0 Å². The minimum absolute atomic E-state index is 0.0765. The zero-order valence-electron chi connectivity index (χ0n) is 10.4. The highest BCUT2D eigenvalue weighted by atomic mass is 32.2. The first-order valence-electron chi connectivity index (χ1n) is 5.62. The second-order valence-electron chi connectivity index (χ2n) is 4.06. The molecule has 0 aliphatic carbocycles. The van der Waals surface area contributed by atoms with Gasteiger partial charge in [0.15, 0.2) is 5.16 Å². The van der Waals surface area contributed by atoms with Crippen LogP contribution in [0.3, 0.4) is 0 Å². The number of hydrogen-bond donors (Lipinski definition) is 1. The van der Waals surface area contributed by atoms with Crippen LogP contribution in [-0.4, -0.2) is 32.6 Å². The maximum absolute atomic E-state index is 12.7. The number of fused-ring (bicyclic) bond motifs is 1. The Morgan fingerprint density at radius 1 is 1.48 bits per heavy atom. The number of para-hydroxylation sites is 1. The standard InChI is InChI=1S/C12H8F3N3O2S/c13-12(14,15)6-18-8-3-1-2-7(4-16)10(8)17-11(18)21-5-9(19)20/h1-3H,5-6H2,(H,19,20). The van der Waals surface area contributed by atoms with Gasteiger partial charge in [-0.05, 0) is 12.1 Å². The molecule has 0 saturated heterocycles. The number of alkyl halides is 3. The van der Waals surface area contributed by atoms with E-state index in [1.807, 2.05) is 6.07 Å². The van der Waals surface area contributed by atoms with E-state index in [4.69, 9.17) is 10.4 Å². The largest absolute Gasteiger partial charge is 0.481 e. The molecular weight excluding hydrogens is 307 g/mol. The van der Waals surface area contributed by atoms with E-state index in [0.29, 0.717) is 11.8 Å². The van der Waals surface area contributed by atoms with Crippen molar-refractivity contribution in [3.8, 4) is 6.07 Å². The van der Waals surface area contributed by atoms with Crippen molar-refractivity contribution >= 4 is 28.8 Å². The number of carboxylic acid groups (broad SMARTS) is 1. The number of hydrogen-bond acceptors (Lipinski definition) is 4. The molecule has 110 valence electrons. The molecule has 2 aromatic rings. The lowest BCUT2D eigenvalue weighted by Gasteiger charge is -2.11. The van der Waals surface area contributed by atoms with Crippen LogP contribution in [0.4, 0.5) is 13.2 Å². The normalized spacial score (nSPS) is 11.5. The van der Waals surface area contributed by atoms with Gasteiger partial charge in [-0.1, -0.05) is 17.8 Å². The number of nitriles is 1. The zero-order valence-corrected chi connectivity index (χ0v) is 11.2. The molecule has 0 aliphatic rings. The molecule has 5 nitrogen and oxygen atoms in total. The lowest BCUT2D eigenvalue weighted by molar-refractivity contribution is -0.141. The summed E-state index contributed by atoms with van der Waals surface area (Å²) in [5, 5.41) is 17.5. The topological polar surface area (TPSA) is 78.9 Å². The molecule has 0 unspecified atom stereocenters. The Morgan fingerprint density at radius 2 is 2.19 bits per heavy atom. The van der Waals surface area contributed by atoms with Gasteiger partial charge >= 0.3 is 12.1 Å². The summed E-state index contributed by atoms with van der Waals surface area (Å²) in [5.41, 5.74) is 0.432. The molecule has 1 N–H and O–H groups in total. The van der Waals surface area contributed by atoms with Gasteiger partial charge in [-0.25, -0.2) is 4.98 Å². The van der Waals surface area contributed by atoms with Gasteiger partial charge in [0, 0.05) is 0 Å². The maximum atomic E-state index is 12.7. The van der Waals surface area contributed by atoms with Crippen LogP contribution in [-0.2, 0) is 11.3 Å². The van der Waals surface area contributed by atoms with E-state index in [9.17, 15) is 18.0 Å². The highest BCUT2D eigenvalue weighted by molar-refractivity contribution is 7.99. The third kappa shape index (κ3) is 3.46. The number of aliphatic carboxylic acids is 1. The van der Waals surface area contributed by atoms with Crippen LogP contribution in [0.5, 0.6) is 0 Å². The fraction of sp³-hybridized carbons (Fsp3) is 0.250. The van der Waals surface area contributed by atoms with E-state index < -0.39 is 24.4 Å². The van der Waals surface area contributed by atoms with Crippen molar-refractivity contribution in [2.75, 3.05) is 5.75 Å². The number of carboxylic acids is 1. The molecule has 0 radical (unpaired) electrons. The van der Waals surface area contributed by atoms with E-state index in [0.717, 1.165) is 4.57 Å². The summed E-state index contributed by atoms with van der Waals surface area (Å²) in [6.45, 7) is -1.29. The van der Waals surface area contributed by atoms with Gasteiger partial charge in [-0.15, -0.1) is 0 Å². The van der Waals surface area contributed by atoms with Crippen LogP contribution in [0.15, 0.2) is 23.4 Å².